The topological polar surface area (TPSA) is 85.8 Å². The molecule has 1 fully saturated rings. The van der Waals surface area contributed by atoms with Crippen molar-refractivity contribution in [1.82, 2.24) is 24.7 Å². The molecule has 0 bridgehead atoms. The Morgan fingerprint density at radius 2 is 2.19 bits per heavy atom. The van der Waals surface area contributed by atoms with Gasteiger partial charge in [-0.25, -0.2) is 9.50 Å². The number of methoxy groups -OCH3 is 1. The lowest BCUT2D eigenvalue weighted by Crippen LogP contribution is -2.41. The van der Waals surface area contributed by atoms with Crippen LogP contribution in [-0.4, -0.2) is 57.4 Å². The van der Waals surface area contributed by atoms with Gasteiger partial charge in [0.05, 0.1) is 22.6 Å². The van der Waals surface area contributed by atoms with Gasteiger partial charge in [0, 0.05) is 44.4 Å². The standard InChI is InChI=1S/C19H23N5O3/c1-12-8-17-20-9-15(16-7-13(2)22-27-16)19(24(17)21-12)14-5-4-6-23(10-14)18(25)11-26-3/h7-9,14H,4-6,10-11H2,1-3H3/t14-/m0/s1. The van der Waals surface area contributed by atoms with Crippen molar-refractivity contribution in [3.05, 3.63) is 35.4 Å². The van der Waals surface area contributed by atoms with Crippen molar-refractivity contribution in [3.8, 4) is 11.3 Å². The van der Waals surface area contributed by atoms with Gasteiger partial charge in [0.1, 0.15) is 6.61 Å². The van der Waals surface area contributed by atoms with Gasteiger partial charge >= 0.3 is 0 Å². The van der Waals surface area contributed by atoms with Crippen molar-refractivity contribution in [1.29, 1.82) is 0 Å². The highest BCUT2D eigenvalue weighted by molar-refractivity contribution is 5.77. The minimum atomic E-state index is 0.0150. The number of hydrogen-bond donors (Lipinski definition) is 0. The summed E-state index contributed by atoms with van der Waals surface area (Å²) in [6, 6.07) is 3.86. The van der Waals surface area contributed by atoms with Crippen molar-refractivity contribution in [3.63, 3.8) is 0 Å². The van der Waals surface area contributed by atoms with Crippen molar-refractivity contribution in [2.24, 2.45) is 0 Å². The van der Waals surface area contributed by atoms with Crippen LogP contribution < -0.4 is 0 Å². The van der Waals surface area contributed by atoms with Gasteiger partial charge in [-0.15, -0.1) is 0 Å². The maximum atomic E-state index is 12.3. The largest absolute Gasteiger partial charge is 0.375 e. The summed E-state index contributed by atoms with van der Waals surface area (Å²) in [7, 11) is 1.54. The second-order valence-corrected chi connectivity index (χ2v) is 7.06. The molecule has 0 N–H and O–H groups in total. The molecule has 0 aliphatic carbocycles. The van der Waals surface area contributed by atoms with E-state index in [1.807, 2.05) is 41.6 Å². The molecule has 3 aromatic heterocycles. The van der Waals surface area contributed by atoms with E-state index in [9.17, 15) is 4.79 Å². The number of hydrogen-bond acceptors (Lipinski definition) is 6. The fourth-order valence-electron chi connectivity index (χ4n) is 3.78. The summed E-state index contributed by atoms with van der Waals surface area (Å²) in [5.74, 6) is 0.816. The van der Waals surface area contributed by atoms with Crippen LogP contribution in [0, 0.1) is 13.8 Å². The number of likely N-dealkylation sites (tertiary alicyclic amines) is 1. The Kier molecular flexibility index (Phi) is 4.65. The van der Waals surface area contributed by atoms with Crippen LogP contribution in [0.15, 0.2) is 22.9 Å². The number of aromatic nitrogens is 4. The van der Waals surface area contributed by atoms with Crippen LogP contribution in [0.25, 0.3) is 17.0 Å². The van der Waals surface area contributed by atoms with Crippen molar-refractivity contribution < 1.29 is 14.1 Å². The Morgan fingerprint density at radius 3 is 2.93 bits per heavy atom. The second-order valence-electron chi connectivity index (χ2n) is 7.06. The van der Waals surface area contributed by atoms with E-state index in [4.69, 9.17) is 9.26 Å². The lowest BCUT2D eigenvalue weighted by molar-refractivity contribution is -0.136. The highest BCUT2D eigenvalue weighted by Crippen LogP contribution is 2.35. The number of amides is 1. The number of carbonyl (C=O) groups is 1. The highest BCUT2D eigenvalue weighted by Gasteiger charge is 2.30. The molecule has 1 saturated heterocycles. The van der Waals surface area contributed by atoms with Crippen LogP contribution >= 0.6 is 0 Å². The molecular formula is C19H23N5O3. The van der Waals surface area contributed by atoms with Gasteiger partial charge in [0.25, 0.3) is 0 Å². The second kappa shape index (κ2) is 7.11. The van der Waals surface area contributed by atoms with Crippen molar-refractivity contribution >= 4 is 11.6 Å². The minimum absolute atomic E-state index is 0.0150. The van der Waals surface area contributed by atoms with E-state index in [2.05, 4.69) is 15.2 Å². The third kappa shape index (κ3) is 3.32. The quantitative estimate of drug-likeness (QED) is 0.702. The molecule has 142 valence electrons. The summed E-state index contributed by atoms with van der Waals surface area (Å²) in [5.41, 5.74) is 4.39. The average Bonchev–Trinajstić information content (AvgIpc) is 3.25. The van der Waals surface area contributed by atoms with E-state index < -0.39 is 0 Å². The van der Waals surface area contributed by atoms with Crippen LogP contribution in [0.5, 0.6) is 0 Å². The van der Waals surface area contributed by atoms with E-state index in [0.29, 0.717) is 12.3 Å². The lowest BCUT2D eigenvalue weighted by atomic mass is 9.91. The molecule has 4 heterocycles. The number of aryl methyl sites for hydroxylation is 2. The smallest absolute Gasteiger partial charge is 0.248 e. The van der Waals surface area contributed by atoms with Crippen LogP contribution in [0.4, 0.5) is 0 Å². The molecule has 8 nitrogen and oxygen atoms in total. The molecule has 27 heavy (non-hydrogen) atoms. The Morgan fingerprint density at radius 1 is 1.33 bits per heavy atom. The maximum Gasteiger partial charge on any atom is 0.248 e. The fraction of sp³-hybridized carbons (Fsp3) is 0.474. The SMILES string of the molecule is COCC(=O)N1CCC[C@H](c2c(-c3cc(C)no3)cnc3cc(C)nn23)C1. The molecule has 0 aromatic carbocycles. The lowest BCUT2D eigenvalue weighted by Gasteiger charge is -2.33. The first-order valence-corrected chi connectivity index (χ1v) is 9.12. The highest BCUT2D eigenvalue weighted by atomic mass is 16.5. The third-order valence-corrected chi connectivity index (χ3v) is 4.96. The molecule has 0 radical (unpaired) electrons. The van der Waals surface area contributed by atoms with Crippen molar-refractivity contribution in [2.75, 3.05) is 26.8 Å². The molecule has 8 heteroatoms. The molecule has 1 atom stereocenters. The van der Waals surface area contributed by atoms with Crippen molar-refractivity contribution in [2.45, 2.75) is 32.6 Å². The van der Waals surface area contributed by atoms with E-state index in [0.717, 1.165) is 47.7 Å². The number of fused-ring (bicyclic) bond motifs is 1. The summed E-state index contributed by atoms with van der Waals surface area (Å²) >= 11 is 0. The van der Waals surface area contributed by atoms with Gasteiger partial charge in [-0.2, -0.15) is 5.10 Å². The first kappa shape index (κ1) is 17.7. The average molecular weight is 369 g/mol. The van der Waals surface area contributed by atoms with Gasteiger partial charge in [0.2, 0.25) is 5.91 Å². The zero-order chi connectivity index (χ0) is 19.0. The van der Waals surface area contributed by atoms with Gasteiger partial charge in [-0.1, -0.05) is 5.16 Å². The summed E-state index contributed by atoms with van der Waals surface area (Å²) in [6.45, 7) is 5.32. The third-order valence-electron chi connectivity index (χ3n) is 4.96. The van der Waals surface area contributed by atoms with E-state index in [1.165, 1.54) is 0 Å². The van der Waals surface area contributed by atoms with E-state index in [1.54, 1.807) is 7.11 Å². The first-order valence-electron chi connectivity index (χ1n) is 9.12. The first-order chi connectivity index (χ1) is 13.1. The predicted molar refractivity (Wildman–Crippen MR) is 98.4 cm³/mol. The molecule has 0 unspecified atom stereocenters. The summed E-state index contributed by atoms with van der Waals surface area (Å²) < 4.78 is 12.4. The molecule has 3 aromatic rings. The Hall–Kier alpha value is -2.74. The molecule has 0 spiro atoms. The van der Waals surface area contributed by atoms with E-state index >= 15 is 0 Å². The van der Waals surface area contributed by atoms with Crippen LogP contribution in [0.2, 0.25) is 0 Å². The Labute approximate surface area is 157 Å². The Bertz CT molecular complexity index is 977. The van der Waals surface area contributed by atoms with Crippen LogP contribution in [-0.2, 0) is 9.53 Å². The predicted octanol–water partition coefficient (Wildman–Crippen LogP) is 2.35. The summed E-state index contributed by atoms with van der Waals surface area (Å²) in [4.78, 5) is 18.7. The number of carbonyl (C=O) groups excluding carboxylic acids is 1. The summed E-state index contributed by atoms with van der Waals surface area (Å²) in [5, 5.41) is 8.67. The Balaban J connectivity index is 1.80. The van der Waals surface area contributed by atoms with Crippen LogP contribution in [0.3, 0.4) is 0 Å². The molecule has 1 aliphatic rings. The minimum Gasteiger partial charge on any atom is -0.375 e. The monoisotopic (exact) mass is 369 g/mol. The van der Waals surface area contributed by atoms with Gasteiger partial charge in [-0.3, -0.25) is 4.79 Å². The number of rotatable bonds is 4. The molecule has 4 rings (SSSR count). The van der Waals surface area contributed by atoms with Gasteiger partial charge in [-0.05, 0) is 26.7 Å². The van der Waals surface area contributed by atoms with Gasteiger partial charge in [0.15, 0.2) is 11.4 Å². The maximum absolute atomic E-state index is 12.3. The molecular weight excluding hydrogens is 346 g/mol. The summed E-state index contributed by atoms with van der Waals surface area (Å²) in [6.07, 6.45) is 3.72. The molecule has 0 saturated carbocycles. The number of nitrogens with zero attached hydrogens (tertiary/aromatic N) is 5. The zero-order valence-corrected chi connectivity index (χ0v) is 15.8. The van der Waals surface area contributed by atoms with Gasteiger partial charge < -0.3 is 14.2 Å². The number of piperidine rings is 1. The van der Waals surface area contributed by atoms with E-state index in [-0.39, 0.29) is 18.4 Å². The molecule has 1 aliphatic heterocycles. The number of ether oxygens (including phenoxy) is 1. The van der Waals surface area contributed by atoms with Crippen LogP contribution in [0.1, 0.15) is 35.8 Å². The fourth-order valence-corrected chi connectivity index (χ4v) is 3.78. The molecule has 1 amide bonds. The normalized spacial score (nSPS) is 17.6. The zero-order valence-electron chi connectivity index (χ0n) is 15.8.